The number of carbonyl (C=O) groups excluding carboxylic acids is 6. The lowest BCUT2D eigenvalue weighted by molar-refractivity contribution is -0.140. The number of imide groups is 2. The first-order valence-electron chi connectivity index (χ1n) is 23.2. The predicted molar refractivity (Wildman–Crippen MR) is 238 cm³/mol. The number of methoxy groups -OCH3 is 1. The molecule has 7 aliphatic rings. The van der Waals surface area contributed by atoms with E-state index in [4.69, 9.17) is 4.74 Å². The Bertz CT molecular complexity index is 2550. The average Bonchev–Trinajstić information content (AvgIpc) is 3.92. The first-order valence-corrected chi connectivity index (χ1v) is 23.2. The van der Waals surface area contributed by atoms with Gasteiger partial charge in [-0.3, -0.25) is 39.0 Å². The number of halogens is 3. The number of aromatic nitrogens is 2. The number of nitrogens with zero attached hydrogens (tertiary/aromatic N) is 7. The first-order chi connectivity index (χ1) is 32.1. The molecule has 6 heterocycles. The number of rotatable bonds is 9. The van der Waals surface area contributed by atoms with Crippen molar-refractivity contribution in [2.24, 2.45) is 5.41 Å². The minimum absolute atomic E-state index is 0.0228. The molecule has 3 N–H and O–H groups in total. The van der Waals surface area contributed by atoms with Gasteiger partial charge in [0.2, 0.25) is 17.8 Å². The lowest BCUT2D eigenvalue weighted by Crippen LogP contribution is -2.57. The molecular weight excluding hydrogens is 874 g/mol. The van der Waals surface area contributed by atoms with E-state index in [9.17, 15) is 28.8 Å². The van der Waals surface area contributed by atoms with E-state index in [0.717, 1.165) is 80.6 Å². The van der Waals surface area contributed by atoms with Gasteiger partial charge in [0, 0.05) is 63.8 Å². The first kappa shape index (κ1) is 44.5. The number of carbonyl (C=O) groups is 6. The van der Waals surface area contributed by atoms with Gasteiger partial charge in [-0.25, -0.2) is 9.37 Å². The van der Waals surface area contributed by atoms with Gasteiger partial charge < -0.3 is 35.0 Å². The number of ether oxygens (including phenoxy) is 1. The molecule has 3 aromatic rings. The number of hydrogen-bond acceptors (Lipinski definition) is 13. The van der Waals surface area contributed by atoms with Gasteiger partial charge in [-0.05, 0) is 81.4 Å². The van der Waals surface area contributed by atoms with Crippen molar-refractivity contribution >= 4 is 64.3 Å². The molecule has 3 saturated heterocycles. The molecule has 67 heavy (non-hydrogen) atoms. The molecule has 2 saturated carbocycles. The zero-order chi connectivity index (χ0) is 46.9. The second-order valence-electron chi connectivity index (χ2n) is 19.2. The number of piperidine rings is 3. The zero-order valence-corrected chi connectivity index (χ0v) is 37.4. The number of hydrogen-bond donors (Lipinski definition) is 3. The average molecular weight is 927 g/mol. The Balaban J connectivity index is 0.727. The fraction of sp³-hybridized carbons (Fsp3) is 0.532. The van der Waals surface area contributed by atoms with Crippen molar-refractivity contribution in [1.82, 2.24) is 30.4 Å². The van der Waals surface area contributed by atoms with Gasteiger partial charge in [-0.15, -0.1) is 0 Å². The van der Waals surface area contributed by atoms with Crippen LogP contribution in [0.5, 0.6) is 5.75 Å². The quantitative estimate of drug-likeness (QED) is 0.249. The van der Waals surface area contributed by atoms with Crippen molar-refractivity contribution in [3.05, 3.63) is 59.0 Å². The van der Waals surface area contributed by atoms with E-state index in [1.54, 1.807) is 12.1 Å². The molecule has 5 fully saturated rings. The molecule has 0 bridgehead atoms. The van der Waals surface area contributed by atoms with Crippen LogP contribution in [-0.4, -0.2) is 132 Å². The van der Waals surface area contributed by atoms with Crippen LogP contribution in [0.1, 0.15) is 108 Å². The Labute approximate surface area is 384 Å². The number of fused-ring (bicyclic) bond motifs is 2. The Morgan fingerprint density at radius 1 is 0.910 bits per heavy atom. The molecule has 1 unspecified atom stereocenters. The van der Waals surface area contributed by atoms with Crippen LogP contribution in [0.15, 0.2) is 36.5 Å². The van der Waals surface area contributed by atoms with Crippen molar-refractivity contribution in [3.63, 3.8) is 0 Å². The molecule has 1 atom stereocenters. The molecular formula is C47H53F3N10O7. The highest BCUT2D eigenvalue weighted by molar-refractivity contribution is 6.25. The largest absolute Gasteiger partial charge is 0.495 e. The van der Waals surface area contributed by atoms with Crippen molar-refractivity contribution in [3.8, 4) is 5.75 Å². The molecule has 2 aliphatic carbocycles. The van der Waals surface area contributed by atoms with E-state index in [1.807, 2.05) is 6.07 Å². The molecule has 10 rings (SSSR count). The summed E-state index contributed by atoms with van der Waals surface area (Å²) in [6.07, 6.45) is 9.90. The summed E-state index contributed by atoms with van der Waals surface area (Å²) in [7, 11) is 2.65. The van der Waals surface area contributed by atoms with E-state index >= 15 is 13.2 Å². The Morgan fingerprint density at radius 3 is 2.34 bits per heavy atom. The van der Waals surface area contributed by atoms with Crippen LogP contribution in [0, 0.1) is 11.2 Å². The highest BCUT2D eigenvalue weighted by Crippen LogP contribution is 2.52. The minimum atomic E-state index is -3.64. The number of nitrogens with one attached hydrogen (secondary N) is 3. The smallest absolute Gasteiger partial charge is 0.342 e. The number of alkyl halides is 2. The van der Waals surface area contributed by atoms with Crippen molar-refractivity contribution < 1.29 is 46.7 Å². The van der Waals surface area contributed by atoms with Gasteiger partial charge in [0.15, 0.2) is 5.82 Å². The second kappa shape index (κ2) is 17.1. The summed E-state index contributed by atoms with van der Waals surface area (Å²) in [5.41, 5.74) is 1.53. The Hall–Kier alpha value is -6.31. The molecule has 0 radical (unpaired) electrons. The third-order valence-corrected chi connectivity index (χ3v) is 15.2. The van der Waals surface area contributed by atoms with Gasteiger partial charge in [0.05, 0.1) is 47.9 Å². The molecule has 1 aromatic heterocycles. The summed E-state index contributed by atoms with van der Waals surface area (Å²) in [6, 6.07) is 6.67. The standard InChI is InChI=1S/C47H53F3N10O7/c1-56-35-24-51-45(55-39(35)59(27-6-3-4-7-27)25-47(49,50)44(56)66)53-32-21-31(48)30(20-36(32)67-2)40(62)52-26-12-16-57(17-13-26)28-22-46(23-28)14-18-58(19-15-46)33-9-5-8-29-38(33)43(65)60(42(29)64)34-10-11-37(61)54-41(34)63/h5,8-9,20-21,24,26-28,34H,3-4,6-7,10-19,22-23,25H2,1-2H3,(H,52,62)(H,51,53,55)(H,54,61,63). The van der Waals surface area contributed by atoms with E-state index < -0.39 is 59.8 Å². The third kappa shape index (κ3) is 7.99. The summed E-state index contributed by atoms with van der Waals surface area (Å²) in [6.45, 7) is 2.19. The molecule has 17 nitrogen and oxygen atoms in total. The van der Waals surface area contributed by atoms with Gasteiger partial charge >= 0.3 is 5.92 Å². The van der Waals surface area contributed by atoms with Gasteiger partial charge in [0.25, 0.3) is 23.6 Å². The Kier molecular flexibility index (Phi) is 11.4. The van der Waals surface area contributed by atoms with Crippen molar-refractivity contribution in [1.29, 1.82) is 0 Å². The fourth-order valence-corrected chi connectivity index (χ4v) is 11.5. The topological polar surface area (TPSA) is 190 Å². The number of likely N-dealkylation sites (tertiary alicyclic amines) is 1. The SMILES string of the molecule is COc1cc(C(=O)NC2CCN(C3CC4(CCN(c5cccc6c5C(=O)N(C5CCC(=O)NC5=O)C6=O)CC4)C3)CC2)c(F)cc1Nc1ncc2c(n1)N(C1CCCC1)CC(F)(F)C(=O)N2C. The molecule has 6 amide bonds. The number of amides is 6. The van der Waals surface area contributed by atoms with E-state index in [0.29, 0.717) is 43.0 Å². The molecule has 2 aromatic carbocycles. The maximum absolute atomic E-state index is 15.8. The van der Waals surface area contributed by atoms with Crippen LogP contribution >= 0.6 is 0 Å². The minimum Gasteiger partial charge on any atom is -0.495 e. The highest BCUT2D eigenvalue weighted by atomic mass is 19.3. The number of benzene rings is 2. The van der Waals surface area contributed by atoms with Gasteiger partial charge in [0.1, 0.15) is 23.3 Å². The summed E-state index contributed by atoms with van der Waals surface area (Å²) >= 11 is 0. The summed E-state index contributed by atoms with van der Waals surface area (Å²) in [5, 5.41) is 8.20. The van der Waals surface area contributed by atoms with Crippen LogP contribution < -0.4 is 35.4 Å². The number of anilines is 5. The van der Waals surface area contributed by atoms with Crippen LogP contribution in [0.25, 0.3) is 0 Å². The van der Waals surface area contributed by atoms with Gasteiger partial charge in [-0.1, -0.05) is 18.9 Å². The summed E-state index contributed by atoms with van der Waals surface area (Å²) in [4.78, 5) is 94.5. The normalized spacial score (nSPS) is 23.5. The van der Waals surface area contributed by atoms with Crippen LogP contribution in [-0.2, 0) is 14.4 Å². The molecule has 20 heteroatoms. The third-order valence-electron chi connectivity index (χ3n) is 15.2. The van der Waals surface area contributed by atoms with Crippen LogP contribution in [0.4, 0.5) is 42.0 Å². The summed E-state index contributed by atoms with van der Waals surface area (Å²) in [5.74, 6) is -8.13. The molecule has 5 aliphatic heterocycles. The monoisotopic (exact) mass is 926 g/mol. The van der Waals surface area contributed by atoms with Crippen LogP contribution in [0.3, 0.4) is 0 Å². The van der Waals surface area contributed by atoms with E-state index in [-0.39, 0.29) is 70.4 Å². The highest BCUT2D eigenvalue weighted by Gasteiger charge is 2.51. The van der Waals surface area contributed by atoms with Crippen molar-refractivity contribution in [2.75, 3.05) is 66.9 Å². The molecule has 354 valence electrons. The van der Waals surface area contributed by atoms with E-state index in [1.165, 1.54) is 31.3 Å². The second-order valence-corrected chi connectivity index (χ2v) is 19.2. The fourth-order valence-electron chi connectivity index (χ4n) is 11.5. The summed E-state index contributed by atoms with van der Waals surface area (Å²) < 4.78 is 51.5. The lowest BCUT2D eigenvalue weighted by atomic mass is 9.59. The lowest BCUT2D eigenvalue weighted by Gasteiger charge is -2.56. The maximum Gasteiger partial charge on any atom is 0.342 e. The maximum atomic E-state index is 15.8. The van der Waals surface area contributed by atoms with Crippen molar-refractivity contribution in [2.45, 2.75) is 107 Å². The molecule has 1 spiro atoms. The Morgan fingerprint density at radius 2 is 1.64 bits per heavy atom. The predicted octanol–water partition coefficient (Wildman–Crippen LogP) is 4.77. The van der Waals surface area contributed by atoms with Crippen LogP contribution in [0.2, 0.25) is 0 Å². The van der Waals surface area contributed by atoms with E-state index in [2.05, 4.69) is 35.7 Å². The zero-order valence-electron chi connectivity index (χ0n) is 37.4. The van der Waals surface area contributed by atoms with Gasteiger partial charge in [-0.2, -0.15) is 13.8 Å².